The molecule has 0 saturated heterocycles. The van der Waals surface area contributed by atoms with Crippen molar-refractivity contribution in [2.75, 3.05) is 0 Å². The molecule has 1 atom stereocenters. The molecule has 1 unspecified atom stereocenters. The van der Waals surface area contributed by atoms with Gasteiger partial charge in [0.2, 0.25) is 15.9 Å². The van der Waals surface area contributed by atoms with E-state index in [-0.39, 0.29) is 17.3 Å². The second-order valence-corrected chi connectivity index (χ2v) is 10.5. The topological polar surface area (TPSA) is 97.2 Å². The number of rotatable bonds is 6. The monoisotopic (exact) mass is 465 g/mol. The number of amides is 1. The van der Waals surface area contributed by atoms with Gasteiger partial charge >= 0.3 is 0 Å². The number of sulfonamides is 1. The Labute approximate surface area is 193 Å². The number of hydrogen-bond donors (Lipinski definition) is 1. The fraction of sp³-hybridized carbons (Fsp3) is 0.375. The van der Waals surface area contributed by atoms with E-state index in [9.17, 15) is 13.2 Å². The van der Waals surface area contributed by atoms with Gasteiger partial charge in [-0.15, -0.1) is 5.10 Å². The van der Waals surface area contributed by atoms with Crippen LogP contribution in [0, 0.1) is 0 Å². The summed E-state index contributed by atoms with van der Waals surface area (Å²) in [5.74, 6) is -0.0301. The molecule has 0 spiro atoms. The summed E-state index contributed by atoms with van der Waals surface area (Å²) < 4.78 is 30.2. The van der Waals surface area contributed by atoms with Crippen molar-refractivity contribution >= 4 is 15.9 Å². The highest BCUT2D eigenvalue weighted by atomic mass is 32.2. The predicted octanol–water partition coefficient (Wildman–Crippen LogP) is 2.74. The van der Waals surface area contributed by atoms with Gasteiger partial charge in [-0.3, -0.25) is 4.79 Å². The molecule has 8 nitrogen and oxygen atoms in total. The maximum Gasteiger partial charge on any atom is 0.247 e. The number of aryl methyl sites for hydroxylation is 2. The number of carbonyl (C=O) groups excluding carboxylic acids is 1. The van der Waals surface area contributed by atoms with Crippen molar-refractivity contribution in [1.29, 1.82) is 0 Å². The number of hydrogen-bond acceptors (Lipinski definition) is 5. The molecule has 2 heterocycles. The van der Waals surface area contributed by atoms with Gasteiger partial charge in [-0.2, -0.15) is 0 Å². The van der Waals surface area contributed by atoms with E-state index in [1.165, 1.54) is 5.56 Å². The molecule has 0 saturated carbocycles. The molecule has 0 radical (unpaired) electrons. The molecule has 9 heteroatoms. The Hall–Kier alpha value is -3.04. The van der Waals surface area contributed by atoms with Crippen molar-refractivity contribution in [3.05, 3.63) is 76.6 Å². The van der Waals surface area contributed by atoms with Gasteiger partial charge in [-0.1, -0.05) is 41.6 Å². The molecule has 1 amide bonds. The van der Waals surface area contributed by atoms with Gasteiger partial charge < -0.3 is 4.90 Å². The first-order valence-electron chi connectivity index (χ1n) is 11.3. The van der Waals surface area contributed by atoms with E-state index in [4.69, 9.17) is 0 Å². The van der Waals surface area contributed by atoms with Crippen molar-refractivity contribution in [3.8, 4) is 0 Å². The summed E-state index contributed by atoms with van der Waals surface area (Å²) in [6.45, 7) is 2.63. The largest absolute Gasteiger partial charge is 0.331 e. The third-order valence-corrected chi connectivity index (χ3v) is 7.92. The molecule has 1 aliphatic carbocycles. The number of carbonyl (C=O) groups is 1. The Kier molecular flexibility index (Phi) is 5.76. The molecule has 1 N–H and O–H groups in total. The van der Waals surface area contributed by atoms with Crippen molar-refractivity contribution in [2.45, 2.75) is 63.2 Å². The lowest BCUT2D eigenvalue weighted by molar-refractivity contribution is -0.138. The summed E-state index contributed by atoms with van der Waals surface area (Å²) in [7, 11) is -3.69. The minimum Gasteiger partial charge on any atom is -0.331 e. The van der Waals surface area contributed by atoms with Gasteiger partial charge in [0.05, 0.1) is 23.7 Å². The molecule has 1 aromatic heterocycles. The van der Waals surface area contributed by atoms with Crippen molar-refractivity contribution in [3.63, 3.8) is 0 Å². The summed E-state index contributed by atoms with van der Waals surface area (Å²) in [6.07, 6.45) is 4.16. The molecular weight excluding hydrogens is 438 g/mol. The maximum atomic E-state index is 13.0. The van der Waals surface area contributed by atoms with E-state index in [1.54, 1.807) is 28.6 Å². The molecule has 1 aliphatic heterocycles. The van der Waals surface area contributed by atoms with Crippen LogP contribution in [0.15, 0.2) is 53.4 Å². The Morgan fingerprint density at radius 2 is 1.82 bits per heavy atom. The summed E-state index contributed by atoms with van der Waals surface area (Å²) in [4.78, 5) is 14.9. The number of fused-ring (bicyclic) bond motifs is 2. The first-order valence-corrected chi connectivity index (χ1v) is 12.8. The quantitative estimate of drug-likeness (QED) is 0.604. The predicted molar refractivity (Wildman–Crippen MR) is 123 cm³/mol. The minimum atomic E-state index is -3.69. The molecule has 0 bridgehead atoms. The first kappa shape index (κ1) is 21.8. The lowest BCUT2D eigenvalue weighted by Gasteiger charge is -2.31. The third-order valence-electron chi connectivity index (χ3n) is 6.52. The Morgan fingerprint density at radius 1 is 1.06 bits per heavy atom. The molecular formula is C24H27N5O3S. The van der Waals surface area contributed by atoms with E-state index in [2.05, 4.69) is 15.0 Å². The minimum absolute atomic E-state index is 0.0227. The van der Waals surface area contributed by atoms with Gasteiger partial charge in [0.25, 0.3) is 0 Å². The van der Waals surface area contributed by atoms with Crippen LogP contribution in [0.3, 0.4) is 0 Å². The van der Waals surface area contributed by atoms with Gasteiger partial charge in [0.1, 0.15) is 11.7 Å². The van der Waals surface area contributed by atoms with E-state index in [0.29, 0.717) is 18.8 Å². The van der Waals surface area contributed by atoms with E-state index >= 15 is 0 Å². The smallest absolute Gasteiger partial charge is 0.247 e. The normalized spacial score (nSPS) is 18.2. The highest BCUT2D eigenvalue weighted by Crippen LogP contribution is 2.26. The van der Waals surface area contributed by atoms with Crippen molar-refractivity contribution in [1.82, 2.24) is 24.6 Å². The summed E-state index contributed by atoms with van der Waals surface area (Å²) in [5.41, 5.74) is 4.69. The zero-order chi connectivity index (χ0) is 23.0. The third kappa shape index (κ3) is 4.30. The lowest BCUT2D eigenvalue weighted by atomic mass is 9.92. The number of nitrogens with one attached hydrogen (secondary N) is 1. The summed E-state index contributed by atoms with van der Waals surface area (Å²) in [5, 5.41) is 8.34. The summed E-state index contributed by atoms with van der Waals surface area (Å²) in [6, 6.07) is 14.7. The van der Waals surface area contributed by atoms with Crippen LogP contribution >= 0.6 is 0 Å². The number of aromatic nitrogens is 3. The highest BCUT2D eigenvalue weighted by molar-refractivity contribution is 7.89. The van der Waals surface area contributed by atoms with Gasteiger partial charge in [0.15, 0.2) is 0 Å². The standard InChI is InChI=1S/C24H27N5O3S/c1-17-24(30)28(15-18-7-3-2-4-8-18)16-23-22(26-27-29(17)23)14-25-33(31,32)21-12-11-19-9-5-6-10-20(19)13-21/h2-4,7-8,11-13,17,25H,5-6,9-10,14-16H2,1H3. The molecule has 0 fully saturated rings. The van der Waals surface area contributed by atoms with Crippen LogP contribution in [0.4, 0.5) is 0 Å². The Bertz CT molecular complexity index is 1290. The van der Waals surface area contributed by atoms with E-state index < -0.39 is 16.1 Å². The van der Waals surface area contributed by atoms with Gasteiger partial charge in [-0.05, 0) is 61.4 Å². The fourth-order valence-corrected chi connectivity index (χ4v) is 5.69. The van der Waals surface area contributed by atoms with Crippen molar-refractivity contribution in [2.24, 2.45) is 0 Å². The molecule has 172 valence electrons. The van der Waals surface area contributed by atoms with Crippen LogP contribution in [0.5, 0.6) is 0 Å². The second-order valence-electron chi connectivity index (χ2n) is 8.75. The fourth-order valence-electron chi connectivity index (χ4n) is 4.65. The molecule has 5 rings (SSSR count). The van der Waals surface area contributed by atoms with Crippen LogP contribution in [0.25, 0.3) is 0 Å². The Morgan fingerprint density at radius 3 is 2.61 bits per heavy atom. The molecule has 2 aromatic carbocycles. The molecule has 33 heavy (non-hydrogen) atoms. The first-order chi connectivity index (χ1) is 15.9. The van der Waals surface area contributed by atoms with Crippen molar-refractivity contribution < 1.29 is 13.2 Å². The number of benzene rings is 2. The zero-order valence-corrected chi connectivity index (χ0v) is 19.4. The maximum absolute atomic E-state index is 13.0. The SMILES string of the molecule is CC1C(=O)N(Cc2ccccc2)Cc2c(CNS(=O)(=O)c3ccc4c(c3)CCCC4)nnn21. The number of nitrogens with zero attached hydrogens (tertiary/aromatic N) is 4. The van der Waals surface area contributed by atoms with E-state index in [0.717, 1.165) is 42.5 Å². The Balaban J connectivity index is 1.34. The average Bonchev–Trinajstić information content (AvgIpc) is 3.24. The molecule has 2 aliphatic rings. The summed E-state index contributed by atoms with van der Waals surface area (Å²) >= 11 is 0. The van der Waals surface area contributed by atoms with Crippen LogP contribution in [-0.4, -0.2) is 34.2 Å². The van der Waals surface area contributed by atoms with Crippen LogP contribution in [0.1, 0.15) is 53.9 Å². The molecule has 3 aromatic rings. The van der Waals surface area contributed by atoms with Crippen LogP contribution in [-0.2, 0) is 47.3 Å². The average molecular weight is 466 g/mol. The second kappa shape index (κ2) is 8.72. The van der Waals surface area contributed by atoms with Gasteiger partial charge in [0, 0.05) is 6.54 Å². The highest BCUT2D eigenvalue weighted by Gasteiger charge is 2.33. The van der Waals surface area contributed by atoms with Crippen LogP contribution in [0.2, 0.25) is 0 Å². The lowest BCUT2D eigenvalue weighted by Crippen LogP contribution is -2.41. The van der Waals surface area contributed by atoms with E-state index in [1.807, 2.05) is 36.4 Å². The van der Waals surface area contributed by atoms with Crippen LogP contribution < -0.4 is 4.72 Å². The zero-order valence-electron chi connectivity index (χ0n) is 18.6. The van der Waals surface area contributed by atoms with Gasteiger partial charge in [-0.25, -0.2) is 17.8 Å².